The third-order valence-corrected chi connectivity index (χ3v) is 3.97. The predicted molar refractivity (Wildman–Crippen MR) is 74.6 cm³/mol. The molecule has 104 valence electrons. The Morgan fingerprint density at radius 2 is 2.26 bits per heavy atom. The first-order chi connectivity index (χ1) is 9.10. The Labute approximate surface area is 113 Å². The van der Waals surface area contributed by atoms with Gasteiger partial charge in [-0.1, -0.05) is 26.2 Å². The Balaban J connectivity index is 2.09. The summed E-state index contributed by atoms with van der Waals surface area (Å²) in [4.78, 5) is 11.1. The second-order valence-electron chi connectivity index (χ2n) is 5.34. The maximum absolute atomic E-state index is 13.8. The molecule has 0 spiro atoms. The average Bonchev–Trinajstić information content (AvgIpc) is 2.41. The summed E-state index contributed by atoms with van der Waals surface area (Å²) in [6, 6.07) is 4.50. The first-order valence-electron chi connectivity index (χ1n) is 6.96. The normalized spacial score (nSPS) is 23.1. The molecule has 0 saturated heterocycles. The Kier molecular flexibility index (Phi) is 4.40. The van der Waals surface area contributed by atoms with Crippen LogP contribution in [0.2, 0.25) is 0 Å². The lowest BCUT2D eigenvalue weighted by Crippen LogP contribution is -2.27. The van der Waals surface area contributed by atoms with Crippen LogP contribution in [0.25, 0.3) is 0 Å². The van der Waals surface area contributed by atoms with Gasteiger partial charge in [-0.2, -0.15) is 0 Å². The highest BCUT2D eigenvalue weighted by Gasteiger charge is 2.21. The molecular weight excluding hydrogens is 243 g/mol. The second kappa shape index (κ2) is 6.04. The SMILES string of the molecule is CCC1CCCC(Nc2cc(C(N)=O)ccc2F)C1. The number of halogens is 1. The van der Waals surface area contributed by atoms with E-state index in [1.54, 1.807) is 0 Å². The molecule has 3 nitrogen and oxygen atoms in total. The molecule has 2 unspecified atom stereocenters. The van der Waals surface area contributed by atoms with Gasteiger partial charge >= 0.3 is 0 Å². The van der Waals surface area contributed by atoms with Crippen molar-refractivity contribution >= 4 is 11.6 Å². The van der Waals surface area contributed by atoms with Gasteiger partial charge in [0.15, 0.2) is 0 Å². The van der Waals surface area contributed by atoms with Crippen LogP contribution in [0.5, 0.6) is 0 Å². The number of primary amides is 1. The summed E-state index contributed by atoms with van der Waals surface area (Å²) in [5, 5.41) is 3.23. The van der Waals surface area contributed by atoms with Crippen molar-refractivity contribution in [3.63, 3.8) is 0 Å². The fourth-order valence-corrected chi connectivity index (χ4v) is 2.80. The van der Waals surface area contributed by atoms with Gasteiger partial charge in [-0.25, -0.2) is 4.39 Å². The molecule has 1 aromatic rings. The van der Waals surface area contributed by atoms with E-state index >= 15 is 0 Å². The zero-order chi connectivity index (χ0) is 13.8. The summed E-state index contributed by atoms with van der Waals surface area (Å²) in [6.45, 7) is 2.20. The number of benzene rings is 1. The molecule has 1 aromatic carbocycles. The summed E-state index contributed by atoms with van der Waals surface area (Å²) in [5.41, 5.74) is 5.95. The van der Waals surface area contributed by atoms with E-state index in [1.165, 1.54) is 37.5 Å². The fraction of sp³-hybridized carbons (Fsp3) is 0.533. The van der Waals surface area contributed by atoms with E-state index in [2.05, 4.69) is 12.2 Å². The topological polar surface area (TPSA) is 55.1 Å². The number of amides is 1. The van der Waals surface area contributed by atoms with Gasteiger partial charge in [-0.15, -0.1) is 0 Å². The van der Waals surface area contributed by atoms with Gasteiger partial charge in [-0.05, 0) is 37.0 Å². The van der Waals surface area contributed by atoms with Crippen molar-refractivity contribution in [2.24, 2.45) is 11.7 Å². The number of rotatable bonds is 4. The van der Waals surface area contributed by atoms with Crippen LogP contribution in [0.15, 0.2) is 18.2 Å². The molecule has 0 aromatic heterocycles. The predicted octanol–water partition coefficient (Wildman–Crippen LogP) is 3.31. The second-order valence-corrected chi connectivity index (χ2v) is 5.34. The number of anilines is 1. The number of carbonyl (C=O) groups excluding carboxylic acids is 1. The lowest BCUT2D eigenvalue weighted by Gasteiger charge is -2.30. The van der Waals surface area contributed by atoms with Gasteiger partial charge in [0, 0.05) is 11.6 Å². The van der Waals surface area contributed by atoms with Crippen LogP contribution in [0, 0.1) is 11.7 Å². The minimum Gasteiger partial charge on any atom is -0.380 e. The molecule has 0 radical (unpaired) electrons. The van der Waals surface area contributed by atoms with Crippen LogP contribution in [0.4, 0.5) is 10.1 Å². The van der Waals surface area contributed by atoms with Gasteiger partial charge < -0.3 is 11.1 Å². The van der Waals surface area contributed by atoms with Crippen molar-refractivity contribution in [1.82, 2.24) is 0 Å². The van der Waals surface area contributed by atoms with Crippen molar-refractivity contribution in [3.8, 4) is 0 Å². The first-order valence-corrected chi connectivity index (χ1v) is 6.96. The van der Waals surface area contributed by atoms with Crippen molar-refractivity contribution in [1.29, 1.82) is 0 Å². The number of hydrogen-bond donors (Lipinski definition) is 2. The maximum Gasteiger partial charge on any atom is 0.248 e. The standard InChI is InChI=1S/C15H21FN2O/c1-2-10-4-3-5-12(8-10)18-14-9-11(15(17)19)6-7-13(14)16/h6-7,9-10,12,18H,2-5,8H2,1H3,(H2,17,19). The number of carbonyl (C=O) groups is 1. The summed E-state index contributed by atoms with van der Waals surface area (Å²) < 4.78 is 13.8. The Morgan fingerprint density at radius 3 is 2.95 bits per heavy atom. The van der Waals surface area contributed by atoms with Crippen molar-refractivity contribution in [2.75, 3.05) is 5.32 Å². The fourth-order valence-electron chi connectivity index (χ4n) is 2.80. The van der Waals surface area contributed by atoms with E-state index in [0.29, 0.717) is 17.2 Å². The Morgan fingerprint density at radius 1 is 1.47 bits per heavy atom. The monoisotopic (exact) mass is 264 g/mol. The molecule has 2 atom stereocenters. The summed E-state index contributed by atoms with van der Waals surface area (Å²) in [6.07, 6.45) is 5.72. The molecule has 0 bridgehead atoms. The lowest BCUT2D eigenvalue weighted by molar-refractivity contribution is 0.100. The number of nitrogens with two attached hydrogens (primary N) is 1. The molecule has 0 aliphatic heterocycles. The van der Waals surface area contributed by atoms with Crippen LogP contribution >= 0.6 is 0 Å². The highest BCUT2D eigenvalue weighted by atomic mass is 19.1. The zero-order valence-corrected chi connectivity index (χ0v) is 11.3. The first kappa shape index (κ1) is 13.8. The summed E-state index contributed by atoms with van der Waals surface area (Å²) in [5.74, 6) is -0.143. The van der Waals surface area contributed by atoms with Crippen LogP contribution in [0.1, 0.15) is 49.4 Å². The van der Waals surface area contributed by atoms with Crippen LogP contribution in [-0.4, -0.2) is 11.9 Å². The third-order valence-electron chi connectivity index (χ3n) is 3.97. The average molecular weight is 264 g/mol. The van der Waals surface area contributed by atoms with Crippen molar-refractivity contribution < 1.29 is 9.18 Å². The van der Waals surface area contributed by atoms with Gasteiger partial charge in [0.05, 0.1) is 5.69 Å². The number of nitrogens with one attached hydrogen (secondary N) is 1. The Hall–Kier alpha value is -1.58. The maximum atomic E-state index is 13.8. The Bertz CT molecular complexity index is 461. The highest BCUT2D eigenvalue weighted by Crippen LogP contribution is 2.29. The molecule has 4 heteroatoms. The van der Waals surface area contributed by atoms with E-state index in [0.717, 1.165) is 12.8 Å². The van der Waals surface area contributed by atoms with E-state index in [1.807, 2.05) is 0 Å². The third kappa shape index (κ3) is 3.46. The van der Waals surface area contributed by atoms with Crippen molar-refractivity contribution in [3.05, 3.63) is 29.6 Å². The van der Waals surface area contributed by atoms with E-state index in [4.69, 9.17) is 5.73 Å². The lowest BCUT2D eigenvalue weighted by atomic mass is 9.84. The quantitative estimate of drug-likeness (QED) is 0.876. The summed E-state index contributed by atoms with van der Waals surface area (Å²) >= 11 is 0. The molecule has 0 heterocycles. The largest absolute Gasteiger partial charge is 0.380 e. The molecule has 1 saturated carbocycles. The summed E-state index contributed by atoms with van der Waals surface area (Å²) in [7, 11) is 0. The molecule has 1 aliphatic rings. The van der Waals surface area contributed by atoms with Gasteiger partial charge in [0.2, 0.25) is 5.91 Å². The van der Waals surface area contributed by atoms with Crippen LogP contribution < -0.4 is 11.1 Å². The molecular formula is C15H21FN2O. The minimum atomic E-state index is -0.530. The molecule has 1 fully saturated rings. The number of hydrogen-bond acceptors (Lipinski definition) is 2. The van der Waals surface area contributed by atoms with Crippen LogP contribution in [-0.2, 0) is 0 Å². The van der Waals surface area contributed by atoms with E-state index in [9.17, 15) is 9.18 Å². The van der Waals surface area contributed by atoms with Crippen LogP contribution in [0.3, 0.4) is 0 Å². The van der Waals surface area contributed by atoms with Gasteiger partial charge in [0.25, 0.3) is 0 Å². The zero-order valence-electron chi connectivity index (χ0n) is 11.3. The molecule has 1 amide bonds. The molecule has 3 N–H and O–H groups in total. The smallest absolute Gasteiger partial charge is 0.248 e. The van der Waals surface area contributed by atoms with Gasteiger partial charge in [0.1, 0.15) is 5.82 Å². The van der Waals surface area contributed by atoms with Gasteiger partial charge in [-0.3, -0.25) is 4.79 Å². The van der Waals surface area contributed by atoms with E-state index in [-0.39, 0.29) is 11.9 Å². The van der Waals surface area contributed by atoms with Crippen molar-refractivity contribution in [2.45, 2.75) is 45.1 Å². The minimum absolute atomic E-state index is 0.288. The molecule has 19 heavy (non-hydrogen) atoms. The molecule has 1 aliphatic carbocycles. The molecule has 2 rings (SSSR count). The highest BCUT2D eigenvalue weighted by molar-refractivity contribution is 5.93. The van der Waals surface area contributed by atoms with E-state index < -0.39 is 5.91 Å².